The van der Waals surface area contributed by atoms with Crippen molar-refractivity contribution in [2.24, 2.45) is 0 Å². The quantitative estimate of drug-likeness (QED) is 0.212. The Morgan fingerprint density at radius 3 is 1.95 bits per heavy atom. The van der Waals surface area contributed by atoms with Crippen molar-refractivity contribution in [2.45, 2.75) is 12.8 Å². The van der Waals surface area contributed by atoms with E-state index in [1.54, 1.807) is 0 Å². The fourth-order valence-electron chi connectivity index (χ4n) is 6.94. The number of benzene rings is 5. The van der Waals surface area contributed by atoms with Crippen LogP contribution < -0.4 is 5.56 Å². The van der Waals surface area contributed by atoms with Crippen LogP contribution >= 0.6 is 0 Å². The van der Waals surface area contributed by atoms with Crippen LogP contribution in [0.5, 0.6) is 0 Å². The lowest BCUT2D eigenvalue weighted by molar-refractivity contribution is 0.979. The molecule has 3 nitrogen and oxygen atoms in total. The highest BCUT2D eigenvalue weighted by molar-refractivity contribution is 6.20. The van der Waals surface area contributed by atoms with E-state index in [1.165, 1.54) is 33.1 Å². The molecule has 0 saturated heterocycles. The summed E-state index contributed by atoms with van der Waals surface area (Å²) < 4.78 is 4.34. The Balaban J connectivity index is 1.31. The van der Waals surface area contributed by atoms with Gasteiger partial charge in [-0.15, -0.1) is 0 Å². The molecule has 9 rings (SSSR count). The lowest BCUT2D eigenvalue weighted by Crippen LogP contribution is -2.12. The summed E-state index contributed by atoms with van der Waals surface area (Å²) in [6.07, 6.45) is 8.76. The minimum Gasteiger partial charge on any atom is -0.313 e. The van der Waals surface area contributed by atoms with Crippen LogP contribution in [0.25, 0.3) is 76.6 Å². The molecule has 0 unspecified atom stereocenters. The zero-order valence-electron chi connectivity index (χ0n) is 21.8. The molecule has 0 radical (unpaired) electrons. The van der Waals surface area contributed by atoms with Crippen LogP contribution in [0.3, 0.4) is 0 Å². The molecule has 0 bridgehead atoms. The van der Waals surface area contributed by atoms with Gasteiger partial charge in [0.25, 0.3) is 5.56 Å². The Morgan fingerprint density at radius 1 is 0.550 bits per heavy atom. The maximum atomic E-state index is 13.7. The average molecular weight is 513 g/mol. The SMILES string of the molecule is O=c1c2ccccc2c2cccc3c4cc(-c5ccc6c(c5)c5ccccc5n6C5=CC=CCC5)ccc4n1c23. The summed E-state index contributed by atoms with van der Waals surface area (Å²) in [5.74, 6) is 0. The van der Waals surface area contributed by atoms with Crippen molar-refractivity contribution < 1.29 is 0 Å². The van der Waals surface area contributed by atoms with Gasteiger partial charge in [0.15, 0.2) is 0 Å². The summed E-state index contributed by atoms with van der Waals surface area (Å²) in [4.78, 5) is 13.7. The summed E-state index contributed by atoms with van der Waals surface area (Å²) in [6, 6.07) is 36.4. The van der Waals surface area contributed by atoms with Gasteiger partial charge in [-0.1, -0.05) is 78.9 Å². The monoisotopic (exact) mass is 512 g/mol. The van der Waals surface area contributed by atoms with Crippen molar-refractivity contribution in [3.05, 3.63) is 132 Å². The number of pyridine rings is 1. The predicted molar refractivity (Wildman–Crippen MR) is 168 cm³/mol. The number of allylic oxidation sites excluding steroid dienone is 4. The number of hydrogen-bond donors (Lipinski definition) is 0. The molecule has 3 heterocycles. The molecule has 8 aromatic rings. The molecule has 5 aromatic carbocycles. The average Bonchev–Trinajstić information content (AvgIpc) is 3.53. The zero-order chi connectivity index (χ0) is 26.4. The second kappa shape index (κ2) is 7.93. The topological polar surface area (TPSA) is 26.4 Å². The van der Waals surface area contributed by atoms with Gasteiger partial charge in [0.2, 0.25) is 0 Å². The van der Waals surface area contributed by atoms with Crippen LogP contribution in [0.2, 0.25) is 0 Å². The third-order valence-corrected chi connectivity index (χ3v) is 8.72. The van der Waals surface area contributed by atoms with Crippen molar-refractivity contribution in [2.75, 3.05) is 0 Å². The Labute approximate surface area is 229 Å². The van der Waals surface area contributed by atoms with Gasteiger partial charge >= 0.3 is 0 Å². The lowest BCUT2D eigenvalue weighted by Gasteiger charge is -2.14. The zero-order valence-corrected chi connectivity index (χ0v) is 21.8. The summed E-state index contributed by atoms with van der Waals surface area (Å²) in [7, 11) is 0. The van der Waals surface area contributed by atoms with E-state index >= 15 is 0 Å². The molecule has 40 heavy (non-hydrogen) atoms. The van der Waals surface area contributed by atoms with Gasteiger partial charge in [0.05, 0.1) is 22.1 Å². The van der Waals surface area contributed by atoms with Gasteiger partial charge in [-0.05, 0) is 71.8 Å². The first-order valence-electron chi connectivity index (χ1n) is 13.9. The molecular weight excluding hydrogens is 488 g/mol. The van der Waals surface area contributed by atoms with Crippen LogP contribution in [-0.2, 0) is 0 Å². The van der Waals surface area contributed by atoms with E-state index < -0.39 is 0 Å². The third-order valence-electron chi connectivity index (χ3n) is 8.72. The van der Waals surface area contributed by atoms with Crippen molar-refractivity contribution in [1.82, 2.24) is 8.97 Å². The highest BCUT2D eigenvalue weighted by Crippen LogP contribution is 2.39. The highest BCUT2D eigenvalue weighted by atomic mass is 16.1. The largest absolute Gasteiger partial charge is 0.313 e. The number of rotatable bonds is 2. The van der Waals surface area contributed by atoms with Gasteiger partial charge in [0.1, 0.15) is 0 Å². The molecule has 188 valence electrons. The minimum atomic E-state index is 0.0446. The molecule has 1 aliphatic rings. The van der Waals surface area contributed by atoms with Crippen LogP contribution in [0, 0.1) is 0 Å². The van der Waals surface area contributed by atoms with Gasteiger partial charge < -0.3 is 4.57 Å². The predicted octanol–water partition coefficient (Wildman–Crippen LogP) is 9.16. The molecule has 0 N–H and O–H groups in total. The fraction of sp³-hybridized carbons (Fsp3) is 0.0541. The van der Waals surface area contributed by atoms with Crippen molar-refractivity contribution in [3.8, 4) is 11.1 Å². The Morgan fingerprint density at radius 2 is 1.18 bits per heavy atom. The standard InChI is InChI=1S/C37H24N2O/c40-37-30-13-5-4-11-26(30)28-14-8-15-29-32-22-24(18-20-35(32)39(37)36(28)29)23-17-19-34-31(21-23)27-12-6-7-16-33(27)38(34)25-9-2-1-3-10-25/h1-2,4-9,11-22H,3,10H2. The molecule has 0 aliphatic heterocycles. The molecule has 0 fully saturated rings. The van der Waals surface area contributed by atoms with Gasteiger partial charge in [-0.25, -0.2) is 0 Å². The molecule has 0 amide bonds. The van der Waals surface area contributed by atoms with Gasteiger partial charge in [-0.2, -0.15) is 0 Å². The first kappa shape index (κ1) is 21.7. The maximum Gasteiger partial charge on any atom is 0.263 e. The van der Waals surface area contributed by atoms with E-state index in [0.29, 0.717) is 0 Å². The third kappa shape index (κ3) is 2.81. The van der Waals surface area contributed by atoms with E-state index in [9.17, 15) is 4.79 Å². The molecule has 3 aromatic heterocycles. The first-order chi connectivity index (χ1) is 19.8. The molecule has 0 atom stereocenters. The lowest BCUT2D eigenvalue weighted by atomic mass is 10.00. The highest BCUT2D eigenvalue weighted by Gasteiger charge is 2.18. The van der Waals surface area contributed by atoms with Crippen molar-refractivity contribution >= 4 is 65.5 Å². The number of nitrogens with zero attached hydrogens (tertiary/aromatic N) is 2. The minimum absolute atomic E-state index is 0.0446. The van der Waals surface area contributed by atoms with E-state index in [4.69, 9.17) is 0 Å². The number of para-hydroxylation sites is 2. The molecular formula is C37H24N2O. The number of fused-ring (bicyclic) bond motifs is 8. The van der Waals surface area contributed by atoms with Gasteiger partial charge in [-0.3, -0.25) is 9.20 Å². The second-order valence-electron chi connectivity index (χ2n) is 10.8. The van der Waals surface area contributed by atoms with Crippen molar-refractivity contribution in [3.63, 3.8) is 0 Å². The normalized spacial score (nSPS) is 13.9. The first-order valence-corrected chi connectivity index (χ1v) is 13.9. The second-order valence-corrected chi connectivity index (χ2v) is 10.8. The fourth-order valence-corrected chi connectivity index (χ4v) is 6.94. The Bertz CT molecular complexity index is 2450. The summed E-state index contributed by atoms with van der Waals surface area (Å²) >= 11 is 0. The van der Waals surface area contributed by atoms with Crippen LogP contribution in [0.4, 0.5) is 0 Å². The molecule has 3 heteroatoms. The van der Waals surface area contributed by atoms with E-state index in [2.05, 4.69) is 108 Å². The Hall–Kier alpha value is -5.15. The molecule has 0 spiro atoms. The van der Waals surface area contributed by atoms with E-state index in [-0.39, 0.29) is 5.56 Å². The summed E-state index contributed by atoms with van der Waals surface area (Å²) in [6.45, 7) is 0. The molecule has 0 saturated carbocycles. The summed E-state index contributed by atoms with van der Waals surface area (Å²) in [5, 5.41) is 7.65. The van der Waals surface area contributed by atoms with E-state index in [1.807, 2.05) is 22.6 Å². The van der Waals surface area contributed by atoms with Crippen molar-refractivity contribution in [1.29, 1.82) is 0 Å². The van der Waals surface area contributed by atoms with Crippen LogP contribution in [-0.4, -0.2) is 8.97 Å². The number of hydrogen-bond acceptors (Lipinski definition) is 1. The Kier molecular flexibility index (Phi) is 4.31. The number of aromatic nitrogens is 2. The van der Waals surface area contributed by atoms with Crippen LogP contribution in [0.1, 0.15) is 12.8 Å². The molecule has 1 aliphatic carbocycles. The van der Waals surface area contributed by atoms with Crippen LogP contribution in [0.15, 0.2) is 126 Å². The smallest absolute Gasteiger partial charge is 0.263 e. The maximum absolute atomic E-state index is 13.7. The summed E-state index contributed by atoms with van der Waals surface area (Å²) in [5.41, 5.74) is 8.16. The van der Waals surface area contributed by atoms with E-state index in [0.717, 1.165) is 56.4 Å². The van der Waals surface area contributed by atoms with Gasteiger partial charge in [0, 0.05) is 38.0 Å².